The fourth-order valence-corrected chi connectivity index (χ4v) is 2.79. The second-order valence-electron chi connectivity index (χ2n) is 5.83. The number of nitrogen functional groups attached to an aromatic ring is 1. The Morgan fingerprint density at radius 1 is 1.19 bits per heavy atom. The molecule has 138 valence electrons. The monoisotopic (exact) mass is 369 g/mol. The van der Waals surface area contributed by atoms with Crippen molar-refractivity contribution in [3.8, 4) is 5.75 Å². The lowest BCUT2D eigenvalue weighted by Gasteiger charge is -2.12. The van der Waals surface area contributed by atoms with Crippen LogP contribution in [0.2, 0.25) is 0 Å². The van der Waals surface area contributed by atoms with Crippen molar-refractivity contribution in [1.82, 2.24) is 10.4 Å². The minimum absolute atomic E-state index is 0.0687. The van der Waals surface area contributed by atoms with Crippen molar-refractivity contribution in [1.29, 1.82) is 0 Å². The highest BCUT2D eigenvalue weighted by Gasteiger charge is 2.22. The number of phenols is 1. The number of benzene rings is 2. The van der Waals surface area contributed by atoms with E-state index in [9.17, 15) is 19.1 Å². The molecule has 0 aliphatic carbocycles. The Hall–Kier alpha value is -3.52. The first kappa shape index (κ1) is 18.3. The minimum Gasteiger partial charge on any atom is -0.505 e. The van der Waals surface area contributed by atoms with Crippen LogP contribution < -0.4 is 11.3 Å². The van der Waals surface area contributed by atoms with Gasteiger partial charge in [-0.3, -0.25) is 15.2 Å². The van der Waals surface area contributed by atoms with Crippen LogP contribution in [0, 0.1) is 5.82 Å². The number of fused-ring (bicyclic) bond motifs is 1. The molecule has 7 nitrogen and oxygen atoms in total. The van der Waals surface area contributed by atoms with Crippen molar-refractivity contribution in [3.05, 3.63) is 70.7 Å². The van der Waals surface area contributed by atoms with Gasteiger partial charge < -0.3 is 9.84 Å². The number of pyridine rings is 1. The van der Waals surface area contributed by atoms with Gasteiger partial charge in [0.2, 0.25) is 0 Å². The van der Waals surface area contributed by atoms with E-state index in [1.54, 1.807) is 18.2 Å². The number of methoxy groups -OCH3 is 1. The van der Waals surface area contributed by atoms with Crippen molar-refractivity contribution < 1.29 is 23.8 Å². The molecule has 0 aliphatic rings. The molecule has 1 aromatic heterocycles. The summed E-state index contributed by atoms with van der Waals surface area (Å²) in [5.41, 5.74) is 3.53. The maximum atomic E-state index is 13.1. The summed E-state index contributed by atoms with van der Waals surface area (Å²) in [6.45, 7) is 0. The third-order valence-electron chi connectivity index (χ3n) is 4.11. The molecule has 0 fully saturated rings. The zero-order valence-electron chi connectivity index (χ0n) is 14.3. The van der Waals surface area contributed by atoms with Crippen LogP contribution in [0.4, 0.5) is 4.39 Å². The molecule has 0 radical (unpaired) electrons. The first-order valence-electron chi connectivity index (χ1n) is 7.93. The molecule has 0 aliphatic heterocycles. The van der Waals surface area contributed by atoms with Crippen LogP contribution in [0.1, 0.15) is 31.8 Å². The normalized spacial score (nSPS) is 10.6. The molecule has 0 unspecified atom stereocenters. The average Bonchev–Trinajstić information content (AvgIpc) is 2.69. The maximum absolute atomic E-state index is 13.1. The number of hydrogen-bond acceptors (Lipinski definition) is 6. The largest absolute Gasteiger partial charge is 0.505 e. The number of carbonyl (C=O) groups is 2. The Labute approximate surface area is 153 Å². The van der Waals surface area contributed by atoms with Gasteiger partial charge in [0.1, 0.15) is 16.9 Å². The summed E-state index contributed by atoms with van der Waals surface area (Å²) >= 11 is 0. The van der Waals surface area contributed by atoms with E-state index in [1.807, 2.05) is 5.43 Å². The number of halogens is 1. The number of ether oxygens (including phenoxy) is 1. The summed E-state index contributed by atoms with van der Waals surface area (Å²) < 4.78 is 17.7. The summed E-state index contributed by atoms with van der Waals surface area (Å²) in [5.74, 6) is 3.05. The number of rotatable bonds is 4. The quantitative estimate of drug-likeness (QED) is 0.281. The average molecular weight is 369 g/mol. The van der Waals surface area contributed by atoms with Crippen LogP contribution in [0.3, 0.4) is 0 Å². The highest BCUT2D eigenvalue weighted by atomic mass is 19.1. The van der Waals surface area contributed by atoms with Crippen LogP contribution in [0.25, 0.3) is 10.9 Å². The fraction of sp³-hybridized carbons (Fsp3) is 0.105. The van der Waals surface area contributed by atoms with Crippen LogP contribution in [-0.4, -0.2) is 29.1 Å². The van der Waals surface area contributed by atoms with Crippen LogP contribution in [0.5, 0.6) is 5.75 Å². The first-order valence-corrected chi connectivity index (χ1v) is 7.93. The Morgan fingerprint density at radius 3 is 2.52 bits per heavy atom. The second kappa shape index (κ2) is 7.38. The van der Waals surface area contributed by atoms with Gasteiger partial charge >= 0.3 is 5.97 Å². The molecular formula is C19H16FN3O4. The number of phenolic OH excluding ortho intramolecular Hbond substituents is 1. The lowest BCUT2D eigenvalue weighted by molar-refractivity contribution is 0.0597. The van der Waals surface area contributed by atoms with Crippen molar-refractivity contribution in [3.63, 3.8) is 0 Å². The van der Waals surface area contributed by atoms with Crippen molar-refractivity contribution in [2.24, 2.45) is 5.84 Å². The number of esters is 1. The molecule has 0 bridgehead atoms. The van der Waals surface area contributed by atoms with Gasteiger partial charge in [0, 0.05) is 11.6 Å². The number of nitrogens with two attached hydrogens (primary N) is 1. The highest BCUT2D eigenvalue weighted by molar-refractivity contribution is 6.11. The molecule has 3 aromatic rings. The van der Waals surface area contributed by atoms with E-state index in [1.165, 1.54) is 24.4 Å². The van der Waals surface area contributed by atoms with E-state index >= 15 is 0 Å². The van der Waals surface area contributed by atoms with Crippen molar-refractivity contribution >= 4 is 22.8 Å². The Kier molecular flexibility index (Phi) is 5.00. The number of amides is 1. The summed E-state index contributed by atoms with van der Waals surface area (Å²) in [4.78, 5) is 28.2. The zero-order chi connectivity index (χ0) is 19.6. The van der Waals surface area contributed by atoms with Gasteiger partial charge in [0.05, 0.1) is 12.7 Å². The highest BCUT2D eigenvalue weighted by Crippen LogP contribution is 2.31. The summed E-state index contributed by atoms with van der Waals surface area (Å²) in [5, 5.41) is 10.7. The Morgan fingerprint density at radius 2 is 1.89 bits per heavy atom. The van der Waals surface area contributed by atoms with Gasteiger partial charge in [-0.05, 0) is 41.8 Å². The molecule has 0 spiro atoms. The minimum atomic E-state index is -0.808. The topological polar surface area (TPSA) is 115 Å². The number of hydrogen-bond donors (Lipinski definition) is 3. The first-order chi connectivity index (χ1) is 12.9. The molecule has 1 heterocycles. The zero-order valence-corrected chi connectivity index (χ0v) is 14.3. The van der Waals surface area contributed by atoms with Crippen molar-refractivity contribution in [2.45, 2.75) is 6.42 Å². The third-order valence-corrected chi connectivity index (χ3v) is 4.11. The second-order valence-corrected chi connectivity index (χ2v) is 5.83. The summed E-state index contributed by atoms with van der Waals surface area (Å²) in [6.07, 6.45) is 1.95. The Bertz CT molecular complexity index is 1040. The van der Waals surface area contributed by atoms with Crippen LogP contribution in [-0.2, 0) is 11.2 Å². The summed E-state index contributed by atoms with van der Waals surface area (Å²) in [6, 6.07) is 8.86. The molecule has 0 saturated heterocycles. The van der Waals surface area contributed by atoms with E-state index in [0.29, 0.717) is 11.8 Å². The fourth-order valence-electron chi connectivity index (χ4n) is 2.79. The molecule has 3 rings (SSSR count). The van der Waals surface area contributed by atoms with E-state index < -0.39 is 17.6 Å². The van der Waals surface area contributed by atoms with Crippen LogP contribution >= 0.6 is 0 Å². The molecule has 4 N–H and O–H groups in total. The molecule has 0 atom stereocenters. The number of nitrogens with one attached hydrogen (secondary N) is 1. The SMILES string of the molecule is COC(=O)c1cc(C(=O)NN)c2cc(Cc3ccc(F)cc3)cnc2c1O. The molecular weight excluding hydrogens is 353 g/mol. The third kappa shape index (κ3) is 3.56. The number of nitrogens with zero attached hydrogens (tertiary/aromatic N) is 1. The van der Waals surface area contributed by atoms with Crippen LogP contribution in [0.15, 0.2) is 42.6 Å². The predicted molar refractivity (Wildman–Crippen MR) is 95.6 cm³/mol. The van der Waals surface area contributed by atoms with E-state index in [0.717, 1.165) is 18.2 Å². The number of hydrazine groups is 1. The van der Waals surface area contributed by atoms with Crippen molar-refractivity contribution in [2.75, 3.05) is 7.11 Å². The lowest BCUT2D eigenvalue weighted by Crippen LogP contribution is -2.30. The number of aromatic hydroxyl groups is 1. The number of aromatic nitrogens is 1. The molecule has 1 amide bonds. The molecule has 0 saturated carbocycles. The van der Waals surface area contributed by atoms with Gasteiger partial charge in [-0.2, -0.15) is 0 Å². The van der Waals surface area contributed by atoms with Gasteiger partial charge in [-0.15, -0.1) is 0 Å². The van der Waals surface area contributed by atoms with Gasteiger partial charge in [-0.25, -0.2) is 15.0 Å². The molecule has 2 aromatic carbocycles. The smallest absolute Gasteiger partial charge is 0.341 e. The Balaban J connectivity index is 2.15. The number of carbonyl (C=O) groups excluding carboxylic acids is 2. The van der Waals surface area contributed by atoms with E-state index in [4.69, 9.17) is 5.84 Å². The van der Waals surface area contributed by atoms with Gasteiger partial charge in [-0.1, -0.05) is 12.1 Å². The standard InChI is InChI=1S/C19H16FN3O4/c1-27-19(26)15-8-14(18(25)23-21)13-7-11(9-22-16(13)17(15)24)6-10-2-4-12(20)5-3-10/h2-5,7-9,24H,6,21H2,1H3,(H,23,25). The van der Waals surface area contributed by atoms with Gasteiger partial charge in [0.25, 0.3) is 5.91 Å². The molecule has 8 heteroatoms. The maximum Gasteiger partial charge on any atom is 0.341 e. The summed E-state index contributed by atoms with van der Waals surface area (Å²) in [7, 11) is 1.16. The van der Waals surface area contributed by atoms with E-state index in [-0.39, 0.29) is 22.5 Å². The lowest BCUT2D eigenvalue weighted by atomic mass is 9.99. The molecule has 27 heavy (non-hydrogen) atoms. The predicted octanol–water partition coefficient (Wildman–Crippen LogP) is 2.06. The van der Waals surface area contributed by atoms with Gasteiger partial charge in [0.15, 0.2) is 5.75 Å². The van der Waals surface area contributed by atoms with E-state index in [2.05, 4.69) is 9.72 Å².